The number of aliphatic hydroxyl groups is 1. The number of sulfonamides is 1. The monoisotopic (exact) mass is 580 g/mol. The summed E-state index contributed by atoms with van der Waals surface area (Å²) in [4.78, 5) is 11.0. The van der Waals surface area contributed by atoms with Gasteiger partial charge in [0.05, 0.1) is 11.0 Å². The molecule has 2 aromatic carbocycles. The minimum absolute atomic E-state index is 0.00928. The molecule has 41 heavy (non-hydrogen) atoms. The van der Waals surface area contributed by atoms with Crippen LogP contribution in [0.25, 0.3) is 11.1 Å². The molecular formula is C34H48N2O4S. The number of aryl methyl sites for hydroxylation is 3. The average Bonchev–Trinajstić information content (AvgIpc) is 2.95. The van der Waals surface area contributed by atoms with E-state index in [0.717, 1.165) is 66.2 Å². The number of benzene rings is 2. The van der Waals surface area contributed by atoms with Gasteiger partial charge in [-0.1, -0.05) is 55.0 Å². The molecule has 0 aliphatic heterocycles. The Morgan fingerprint density at radius 2 is 1.90 bits per heavy atom. The van der Waals surface area contributed by atoms with Crippen LogP contribution in [0.2, 0.25) is 0 Å². The number of carbonyl (C=O) groups is 1. The van der Waals surface area contributed by atoms with E-state index in [9.17, 15) is 18.3 Å². The number of rotatable bonds is 16. The van der Waals surface area contributed by atoms with E-state index in [1.54, 1.807) is 6.07 Å². The van der Waals surface area contributed by atoms with Crippen LogP contribution in [-0.4, -0.2) is 55.9 Å². The van der Waals surface area contributed by atoms with Crippen LogP contribution in [0.1, 0.15) is 76.0 Å². The van der Waals surface area contributed by atoms with Crippen molar-refractivity contribution >= 4 is 16.3 Å². The molecule has 0 spiro atoms. The van der Waals surface area contributed by atoms with E-state index in [0.29, 0.717) is 25.8 Å². The number of hydrogen-bond acceptors (Lipinski definition) is 5. The summed E-state index contributed by atoms with van der Waals surface area (Å²) < 4.78 is 28.4. The fraction of sp³-hybridized carbons (Fsp3) is 0.500. The van der Waals surface area contributed by atoms with E-state index >= 15 is 0 Å². The second-order valence-corrected chi connectivity index (χ2v) is 13.9. The summed E-state index contributed by atoms with van der Waals surface area (Å²) in [6, 6.07) is 11.6. The molecule has 0 saturated carbocycles. The molecule has 1 unspecified atom stereocenters. The Morgan fingerprint density at radius 3 is 2.56 bits per heavy atom. The highest BCUT2D eigenvalue weighted by atomic mass is 32.2. The number of β-amino-alcohol motifs (C(OH)–C–C–N with tert-alkyl or cyclic N) is 1. The number of carbonyl (C=O) groups excluding carboxylic acids is 1. The first-order valence-corrected chi connectivity index (χ1v) is 16.3. The Balaban J connectivity index is 1.61. The molecule has 1 aliphatic rings. The predicted molar refractivity (Wildman–Crippen MR) is 169 cm³/mol. The molecular weight excluding hydrogens is 532 g/mol. The molecule has 1 atom stereocenters. The van der Waals surface area contributed by atoms with Gasteiger partial charge in [0.15, 0.2) is 0 Å². The van der Waals surface area contributed by atoms with E-state index in [4.69, 9.17) is 0 Å². The van der Waals surface area contributed by atoms with E-state index in [2.05, 4.69) is 43.5 Å². The van der Waals surface area contributed by atoms with E-state index in [-0.39, 0.29) is 17.0 Å². The largest absolute Gasteiger partial charge is 0.390 e. The molecule has 3 rings (SSSR count). The minimum atomic E-state index is -3.78. The van der Waals surface area contributed by atoms with E-state index in [1.807, 2.05) is 38.1 Å². The van der Waals surface area contributed by atoms with Crippen LogP contribution < -0.4 is 5.32 Å². The highest BCUT2D eigenvalue weighted by Crippen LogP contribution is 2.30. The van der Waals surface area contributed by atoms with Crippen molar-refractivity contribution in [3.8, 4) is 11.1 Å². The van der Waals surface area contributed by atoms with Crippen LogP contribution in [0.15, 0.2) is 65.1 Å². The van der Waals surface area contributed by atoms with Gasteiger partial charge in [-0.25, -0.2) is 8.42 Å². The second kappa shape index (κ2) is 15.1. The highest BCUT2D eigenvalue weighted by Gasteiger charge is 2.27. The lowest BCUT2D eigenvalue weighted by Crippen LogP contribution is -2.46. The van der Waals surface area contributed by atoms with Gasteiger partial charge in [0.25, 0.3) is 0 Å². The quantitative estimate of drug-likeness (QED) is 0.233. The van der Waals surface area contributed by atoms with Crippen molar-refractivity contribution in [3.63, 3.8) is 0 Å². The van der Waals surface area contributed by atoms with Gasteiger partial charge >= 0.3 is 0 Å². The van der Waals surface area contributed by atoms with Crippen LogP contribution in [0, 0.1) is 6.92 Å². The normalized spacial score (nSPS) is 14.8. The van der Waals surface area contributed by atoms with Gasteiger partial charge in [-0.2, -0.15) is 4.31 Å². The molecule has 0 aromatic heterocycles. The SMILES string of the molecule is CCc1cc(-c2ccc(CCC=O)cc2C)ccc1S(=O)(=O)N(C)CC(O)CNC(C)(C)CCCC1=CCCC=C1. The number of nitrogens with zero attached hydrogens (tertiary/aromatic N) is 1. The van der Waals surface area contributed by atoms with Gasteiger partial charge < -0.3 is 15.2 Å². The summed E-state index contributed by atoms with van der Waals surface area (Å²) in [6.07, 6.45) is 14.0. The fourth-order valence-electron chi connectivity index (χ4n) is 5.40. The van der Waals surface area contributed by atoms with Crippen molar-refractivity contribution < 1.29 is 18.3 Å². The molecule has 0 saturated heterocycles. The van der Waals surface area contributed by atoms with Gasteiger partial charge in [0.1, 0.15) is 6.29 Å². The van der Waals surface area contributed by atoms with Crippen molar-refractivity contribution in [2.24, 2.45) is 0 Å². The zero-order valence-electron chi connectivity index (χ0n) is 25.4. The smallest absolute Gasteiger partial charge is 0.243 e. The molecule has 0 radical (unpaired) electrons. The maximum Gasteiger partial charge on any atom is 0.243 e. The van der Waals surface area contributed by atoms with Crippen molar-refractivity contribution in [2.45, 2.75) is 95.6 Å². The molecule has 6 nitrogen and oxygen atoms in total. The van der Waals surface area contributed by atoms with Gasteiger partial charge in [-0.05, 0) is 106 Å². The molecule has 7 heteroatoms. The third kappa shape index (κ3) is 9.47. The lowest BCUT2D eigenvalue weighted by Gasteiger charge is -2.29. The van der Waals surface area contributed by atoms with Gasteiger partial charge in [-0.3, -0.25) is 0 Å². The lowest BCUT2D eigenvalue weighted by atomic mass is 9.94. The Morgan fingerprint density at radius 1 is 1.12 bits per heavy atom. The average molecular weight is 581 g/mol. The van der Waals surface area contributed by atoms with Crippen molar-refractivity contribution in [3.05, 3.63) is 76.9 Å². The van der Waals surface area contributed by atoms with Crippen LogP contribution in [0.5, 0.6) is 0 Å². The van der Waals surface area contributed by atoms with Crippen molar-refractivity contribution in [1.29, 1.82) is 0 Å². The van der Waals surface area contributed by atoms with E-state index in [1.165, 1.54) is 16.9 Å². The first kappa shape index (κ1) is 32.9. The number of aliphatic hydroxyl groups excluding tert-OH is 1. The molecule has 0 fully saturated rings. The van der Waals surface area contributed by atoms with Gasteiger partial charge in [-0.15, -0.1) is 0 Å². The molecule has 0 amide bonds. The van der Waals surface area contributed by atoms with Crippen LogP contribution in [-0.2, 0) is 27.7 Å². The minimum Gasteiger partial charge on any atom is -0.390 e. The number of allylic oxidation sites excluding steroid dienone is 4. The third-order valence-electron chi connectivity index (χ3n) is 7.91. The molecule has 2 N–H and O–H groups in total. The zero-order chi connectivity index (χ0) is 30.0. The Labute approximate surface area is 247 Å². The molecule has 1 aliphatic carbocycles. The standard InChI is InChI=1S/C34H48N2O4S/c1-6-29-23-30(32-18-16-28(15-11-21-37)22-26(32)2)17-19-33(29)41(39,40)36(5)25-31(38)24-35-34(3,4)20-10-14-27-12-8-7-9-13-27/h8,12-13,16-19,21-23,31,35,38H,6-7,9-11,14-15,20,24-25H2,1-5H3. The van der Waals surface area contributed by atoms with Gasteiger partial charge in [0, 0.05) is 32.1 Å². The lowest BCUT2D eigenvalue weighted by molar-refractivity contribution is -0.107. The first-order chi connectivity index (χ1) is 19.5. The van der Waals surface area contributed by atoms with Crippen LogP contribution >= 0.6 is 0 Å². The van der Waals surface area contributed by atoms with Crippen molar-refractivity contribution in [2.75, 3.05) is 20.1 Å². The number of likely N-dealkylation sites (N-methyl/N-ethyl adjacent to an activating group) is 1. The number of aldehydes is 1. The van der Waals surface area contributed by atoms with E-state index < -0.39 is 16.1 Å². The number of nitrogens with one attached hydrogen (secondary N) is 1. The summed E-state index contributed by atoms with van der Waals surface area (Å²) in [5.74, 6) is 0. The number of hydrogen-bond donors (Lipinski definition) is 2. The maximum absolute atomic E-state index is 13.6. The van der Waals surface area contributed by atoms with Crippen LogP contribution in [0.3, 0.4) is 0 Å². The Kier molecular flexibility index (Phi) is 12.1. The molecule has 224 valence electrons. The van der Waals surface area contributed by atoms with Crippen LogP contribution in [0.4, 0.5) is 0 Å². The second-order valence-electron chi connectivity index (χ2n) is 11.8. The summed E-state index contributed by atoms with van der Waals surface area (Å²) in [5, 5.41) is 14.2. The first-order valence-electron chi connectivity index (χ1n) is 14.9. The molecule has 2 aromatic rings. The highest BCUT2D eigenvalue weighted by molar-refractivity contribution is 7.89. The summed E-state index contributed by atoms with van der Waals surface area (Å²) in [5.41, 5.74) is 6.19. The van der Waals surface area contributed by atoms with Gasteiger partial charge in [0.2, 0.25) is 10.0 Å². The topological polar surface area (TPSA) is 86.7 Å². The zero-order valence-corrected chi connectivity index (χ0v) is 26.3. The Hall–Kier alpha value is -2.58. The maximum atomic E-state index is 13.6. The summed E-state index contributed by atoms with van der Waals surface area (Å²) >= 11 is 0. The summed E-state index contributed by atoms with van der Waals surface area (Å²) in [7, 11) is -2.25. The fourth-order valence-corrected chi connectivity index (χ4v) is 6.88. The van der Waals surface area contributed by atoms with Crippen molar-refractivity contribution in [1.82, 2.24) is 9.62 Å². The Bertz CT molecular complexity index is 1340. The predicted octanol–water partition coefficient (Wildman–Crippen LogP) is 6.15. The summed E-state index contributed by atoms with van der Waals surface area (Å²) in [6.45, 7) is 8.57. The molecule has 0 heterocycles. The molecule has 0 bridgehead atoms. The third-order valence-corrected chi connectivity index (χ3v) is 9.83.